The van der Waals surface area contributed by atoms with Crippen molar-refractivity contribution in [3.8, 4) is 11.5 Å². The Balaban J connectivity index is 2.27. The number of esters is 1. The molecular weight excluding hydrogens is 292 g/mol. The van der Waals surface area contributed by atoms with E-state index in [-0.39, 0.29) is 11.5 Å². The maximum Gasteiger partial charge on any atom is 0.343 e. The Morgan fingerprint density at radius 1 is 1.00 bits per heavy atom. The van der Waals surface area contributed by atoms with E-state index in [0.717, 1.165) is 0 Å². The summed E-state index contributed by atoms with van der Waals surface area (Å²) >= 11 is 5.84. The van der Waals surface area contributed by atoms with Crippen LogP contribution in [0.4, 0.5) is 0 Å². The zero-order valence-corrected chi connectivity index (χ0v) is 12.3. The molecule has 2 rings (SSSR count). The van der Waals surface area contributed by atoms with E-state index in [2.05, 4.69) is 0 Å². The highest BCUT2D eigenvalue weighted by atomic mass is 35.5. The van der Waals surface area contributed by atoms with Gasteiger partial charge in [0, 0.05) is 10.6 Å². The highest BCUT2D eigenvalue weighted by Gasteiger charge is 2.14. The molecule has 108 valence electrons. The summed E-state index contributed by atoms with van der Waals surface area (Å²) in [5, 5.41) is 0.448. The lowest BCUT2D eigenvalue weighted by atomic mass is 10.1. The highest BCUT2D eigenvalue weighted by Crippen LogP contribution is 2.29. The summed E-state index contributed by atoms with van der Waals surface area (Å²) in [6.07, 6.45) is 0. The summed E-state index contributed by atoms with van der Waals surface area (Å²) < 4.78 is 10.4. The molecule has 5 heteroatoms. The Hall–Kier alpha value is -2.33. The van der Waals surface area contributed by atoms with Crippen molar-refractivity contribution in [2.45, 2.75) is 6.92 Å². The van der Waals surface area contributed by atoms with Crippen LogP contribution in [0.3, 0.4) is 0 Å². The number of halogens is 1. The van der Waals surface area contributed by atoms with Gasteiger partial charge in [-0.3, -0.25) is 4.79 Å². The molecule has 0 unspecified atom stereocenters. The van der Waals surface area contributed by atoms with Crippen LogP contribution in [-0.2, 0) is 0 Å². The van der Waals surface area contributed by atoms with Crippen LogP contribution in [0.25, 0.3) is 0 Å². The first-order valence-electron chi connectivity index (χ1n) is 6.18. The van der Waals surface area contributed by atoms with E-state index in [4.69, 9.17) is 21.1 Å². The molecular formula is C16H13ClO4. The first-order chi connectivity index (χ1) is 10.0. The van der Waals surface area contributed by atoms with Crippen molar-refractivity contribution in [1.82, 2.24) is 0 Å². The van der Waals surface area contributed by atoms with Crippen LogP contribution in [-0.4, -0.2) is 18.9 Å². The molecule has 2 aromatic carbocycles. The molecule has 0 saturated heterocycles. The number of methoxy groups -OCH3 is 1. The second-order valence-electron chi connectivity index (χ2n) is 4.32. The minimum Gasteiger partial charge on any atom is -0.493 e. The summed E-state index contributed by atoms with van der Waals surface area (Å²) in [6, 6.07) is 11.1. The predicted octanol–water partition coefficient (Wildman–Crippen LogP) is 3.77. The van der Waals surface area contributed by atoms with Crippen molar-refractivity contribution in [3.63, 3.8) is 0 Å². The number of hydrogen-bond acceptors (Lipinski definition) is 4. The molecule has 21 heavy (non-hydrogen) atoms. The van der Waals surface area contributed by atoms with E-state index in [9.17, 15) is 9.59 Å². The number of ether oxygens (including phenoxy) is 2. The predicted molar refractivity (Wildman–Crippen MR) is 79.4 cm³/mol. The smallest absolute Gasteiger partial charge is 0.343 e. The van der Waals surface area contributed by atoms with E-state index >= 15 is 0 Å². The van der Waals surface area contributed by atoms with E-state index in [0.29, 0.717) is 21.9 Å². The largest absolute Gasteiger partial charge is 0.493 e. The summed E-state index contributed by atoms with van der Waals surface area (Å²) in [5.41, 5.74) is 0.814. The molecule has 0 spiro atoms. The van der Waals surface area contributed by atoms with Crippen LogP contribution in [0.5, 0.6) is 11.5 Å². The lowest BCUT2D eigenvalue weighted by molar-refractivity contribution is 0.0729. The van der Waals surface area contributed by atoms with Gasteiger partial charge >= 0.3 is 5.97 Å². The zero-order valence-electron chi connectivity index (χ0n) is 11.6. The fourth-order valence-electron chi connectivity index (χ4n) is 1.75. The average Bonchev–Trinajstić information content (AvgIpc) is 2.47. The molecule has 0 heterocycles. The van der Waals surface area contributed by atoms with Crippen molar-refractivity contribution >= 4 is 23.4 Å². The van der Waals surface area contributed by atoms with Gasteiger partial charge < -0.3 is 9.47 Å². The topological polar surface area (TPSA) is 52.6 Å². The van der Waals surface area contributed by atoms with Gasteiger partial charge in [0.15, 0.2) is 17.3 Å². The summed E-state index contributed by atoms with van der Waals surface area (Å²) in [6.45, 7) is 1.45. The van der Waals surface area contributed by atoms with Crippen molar-refractivity contribution in [3.05, 3.63) is 58.6 Å². The second kappa shape index (κ2) is 6.41. The van der Waals surface area contributed by atoms with Gasteiger partial charge in [-0.2, -0.15) is 0 Å². The molecule has 0 aromatic heterocycles. The van der Waals surface area contributed by atoms with Gasteiger partial charge in [-0.25, -0.2) is 4.79 Å². The number of carbonyl (C=O) groups is 2. The standard InChI is InChI=1S/C16H13ClO4/c1-10(18)11-6-7-14(15(9-11)20-2)21-16(19)12-4-3-5-13(17)8-12/h3-9H,1-2H3. The number of Topliss-reactive ketones (excluding diaryl/α,β-unsaturated/α-hetero) is 1. The normalized spacial score (nSPS) is 10.0. The number of hydrogen-bond donors (Lipinski definition) is 0. The van der Waals surface area contributed by atoms with Crippen molar-refractivity contribution < 1.29 is 19.1 Å². The van der Waals surface area contributed by atoms with Crippen LogP contribution >= 0.6 is 11.6 Å². The van der Waals surface area contributed by atoms with E-state index in [1.165, 1.54) is 32.2 Å². The van der Waals surface area contributed by atoms with Crippen molar-refractivity contribution in [2.75, 3.05) is 7.11 Å². The molecule has 0 atom stereocenters. The fraction of sp³-hybridized carbons (Fsp3) is 0.125. The Labute approximate surface area is 127 Å². The van der Waals surface area contributed by atoms with Crippen molar-refractivity contribution in [2.24, 2.45) is 0 Å². The second-order valence-corrected chi connectivity index (χ2v) is 4.76. The lowest BCUT2D eigenvalue weighted by Gasteiger charge is -2.10. The first-order valence-corrected chi connectivity index (χ1v) is 6.56. The molecule has 0 bridgehead atoms. The third-order valence-corrected chi connectivity index (χ3v) is 3.07. The van der Waals surface area contributed by atoms with Gasteiger partial charge in [-0.15, -0.1) is 0 Å². The van der Waals surface area contributed by atoms with Gasteiger partial charge in [-0.1, -0.05) is 17.7 Å². The molecule has 0 amide bonds. The monoisotopic (exact) mass is 304 g/mol. The lowest BCUT2D eigenvalue weighted by Crippen LogP contribution is -2.09. The van der Waals surface area contributed by atoms with Crippen LogP contribution in [0.2, 0.25) is 5.02 Å². The van der Waals surface area contributed by atoms with Gasteiger partial charge in [0.2, 0.25) is 0 Å². The summed E-state index contributed by atoms with van der Waals surface area (Å²) in [5.74, 6) is -0.0852. The maximum atomic E-state index is 12.0. The van der Waals surface area contributed by atoms with E-state index in [1.54, 1.807) is 24.3 Å². The minimum atomic E-state index is -0.550. The SMILES string of the molecule is COc1cc(C(C)=O)ccc1OC(=O)c1cccc(Cl)c1. The van der Waals surface area contributed by atoms with Gasteiger partial charge in [-0.05, 0) is 43.3 Å². The highest BCUT2D eigenvalue weighted by molar-refractivity contribution is 6.30. The average molecular weight is 305 g/mol. The third kappa shape index (κ3) is 3.61. The minimum absolute atomic E-state index is 0.0963. The van der Waals surface area contributed by atoms with E-state index < -0.39 is 5.97 Å². The molecule has 0 fully saturated rings. The molecule has 0 N–H and O–H groups in total. The summed E-state index contributed by atoms with van der Waals surface area (Å²) in [7, 11) is 1.44. The Morgan fingerprint density at radius 3 is 2.38 bits per heavy atom. The third-order valence-electron chi connectivity index (χ3n) is 2.83. The zero-order chi connectivity index (χ0) is 15.4. The molecule has 0 radical (unpaired) electrons. The molecule has 0 saturated carbocycles. The number of rotatable bonds is 4. The number of carbonyl (C=O) groups excluding carboxylic acids is 2. The van der Waals surface area contributed by atoms with Gasteiger partial charge in [0.25, 0.3) is 0 Å². The number of benzene rings is 2. The fourth-order valence-corrected chi connectivity index (χ4v) is 1.94. The molecule has 2 aromatic rings. The maximum absolute atomic E-state index is 12.0. The molecule has 4 nitrogen and oxygen atoms in total. The Morgan fingerprint density at radius 2 is 1.76 bits per heavy atom. The molecule has 0 aliphatic heterocycles. The van der Waals surface area contributed by atoms with Crippen LogP contribution in [0, 0.1) is 0 Å². The van der Waals surface area contributed by atoms with Crippen LogP contribution < -0.4 is 9.47 Å². The Bertz CT molecular complexity index is 694. The summed E-state index contributed by atoms with van der Waals surface area (Å²) in [4.78, 5) is 23.4. The quantitative estimate of drug-likeness (QED) is 0.490. The Kier molecular flexibility index (Phi) is 4.60. The van der Waals surface area contributed by atoms with Crippen molar-refractivity contribution in [1.29, 1.82) is 0 Å². The first kappa shape index (κ1) is 15.1. The van der Waals surface area contributed by atoms with Crippen LogP contribution in [0.15, 0.2) is 42.5 Å². The molecule has 0 aliphatic carbocycles. The number of ketones is 1. The van der Waals surface area contributed by atoms with Crippen LogP contribution in [0.1, 0.15) is 27.6 Å². The van der Waals surface area contributed by atoms with Gasteiger partial charge in [0.05, 0.1) is 12.7 Å². The van der Waals surface area contributed by atoms with Gasteiger partial charge in [0.1, 0.15) is 0 Å². The van der Waals surface area contributed by atoms with E-state index in [1.807, 2.05) is 0 Å². The molecule has 0 aliphatic rings.